The zero-order valence-electron chi connectivity index (χ0n) is 18.4. The molecule has 4 rings (SSSR count). The smallest absolute Gasteiger partial charge is 0.194 e. The molecule has 1 N–H and O–H groups in total. The summed E-state index contributed by atoms with van der Waals surface area (Å²) < 4.78 is 17.0. The van der Waals surface area contributed by atoms with E-state index in [9.17, 15) is 0 Å². The number of hydrogen-bond acceptors (Lipinski definition) is 5. The lowest BCUT2D eigenvalue weighted by Gasteiger charge is -2.35. The van der Waals surface area contributed by atoms with Crippen LogP contribution in [0.5, 0.6) is 11.5 Å². The van der Waals surface area contributed by atoms with Gasteiger partial charge < -0.3 is 24.4 Å². The quantitative estimate of drug-likeness (QED) is 0.359. The number of ether oxygens (including phenoxy) is 3. The highest BCUT2D eigenvalue weighted by molar-refractivity contribution is 14.0. The van der Waals surface area contributed by atoms with Crippen molar-refractivity contribution >= 4 is 29.9 Å². The van der Waals surface area contributed by atoms with Gasteiger partial charge in [-0.2, -0.15) is 0 Å². The number of hydrogen-bond donors (Lipinski definition) is 1. The summed E-state index contributed by atoms with van der Waals surface area (Å²) in [5.41, 5.74) is 2.60. The van der Waals surface area contributed by atoms with E-state index >= 15 is 0 Å². The van der Waals surface area contributed by atoms with Crippen LogP contribution in [0.1, 0.15) is 30.9 Å². The van der Waals surface area contributed by atoms with Crippen LogP contribution in [-0.4, -0.2) is 81.5 Å². The van der Waals surface area contributed by atoms with Crippen molar-refractivity contribution in [2.45, 2.75) is 44.9 Å². The molecule has 3 aliphatic rings. The fourth-order valence-electron chi connectivity index (χ4n) is 4.67. The van der Waals surface area contributed by atoms with E-state index in [-0.39, 0.29) is 30.1 Å². The van der Waals surface area contributed by atoms with Crippen LogP contribution in [-0.2, 0) is 17.7 Å². The summed E-state index contributed by atoms with van der Waals surface area (Å²) in [6.07, 6.45) is 3.74. The Bertz CT molecular complexity index is 745. The van der Waals surface area contributed by atoms with Crippen molar-refractivity contribution in [1.82, 2.24) is 15.1 Å². The van der Waals surface area contributed by atoms with Gasteiger partial charge in [0, 0.05) is 32.2 Å². The molecule has 2 atom stereocenters. The van der Waals surface area contributed by atoms with E-state index in [2.05, 4.69) is 34.2 Å². The van der Waals surface area contributed by atoms with Gasteiger partial charge in [-0.3, -0.25) is 9.89 Å². The number of nitrogens with one attached hydrogen (secondary N) is 1. The van der Waals surface area contributed by atoms with Gasteiger partial charge in [0.25, 0.3) is 0 Å². The van der Waals surface area contributed by atoms with E-state index in [0.29, 0.717) is 12.6 Å². The van der Waals surface area contributed by atoms with Crippen LogP contribution in [0.4, 0.5) is 0 Å². The van der Waals surface area contributed by atoms with Crippen LogP contribution in [0.15, 0.2) is 17.1 Å². The number of nitrogens with zero attached hydrogens (tertiary/aromatic N) is 3. The van der Waals surface area contributed by atoms with E-state index in [1.165, 1.54) is 30.5 Å². The fraction of sp³-hybridized carbons (Fsp3) is 0.682. The number of aliphatic imine (C=N–C) groups is 1. The second-order valence-corrected chi connectivity index (χ2v) is 8.09. The summed E-state index contributed by atoms with van der Waals surface area (Å²) in [6, 6.07) is 4.84. The summed E-state index contributed by atoms with van der Waals surface area (Å²) >= 11 is 0. The van der Waals surface area contributed by atoms with E-state index in [0.717, 1.165) is 56.7 Å². The van der Waals surface area contributed by atoms with Crippen LogP contribution in [0.2, 0.25) is 0 Å². The first-order chi connectivity index (χ1) is 14.2. The third-order valence-electron chi connectivity index (χ3n) is 6.26. The first-order valence-electron chi connectivity index (χ1n) is 10.8. The first-order valence-corrected chi connectivity index (χ1v) is 10.8. The van der Waals surface area contributed by atoms with E-state index in [1.54, 1.807) is 14.2 Å². The van der Waals surface area contributed by atoms with Crippen molar-refractivity contribution in [2.24, 2.45) is 4.99 Å². The Labute approximate surface area is 197 Å². The van der Waals surface area contributed by atoms with Crippen LogP contribution in [0.3, 0.4) is 0 Å². The van der Waals surface area contributed by atoms with Crippen LogP contribution >= 0.6 is 24.0 Å². The third-order valence-corrected chi connectivity index (χ3v) is 6.26. The topological polar surface area (TPSA) is 58.6 Å². The predicted octanol–water partition coefficient (Wildman–Crippen LogP) is 2.51. The Morgan fingerprint density at radius 2 is 1.97 bits per heavy atom. The minimum Gasteiger partial charge on any atom is -0.493 e. The molecule has 3 aliphatic heterocycles. The molecule has 7 nitrogen and oxygen atoms in total. The average molecular weight is 530 g/mol. The number of fused-ring (bicyclic) bond motifs is 2. The summed E-state index contributed by atoms with van der Waals surface area (Å²) in [5, 5.41) is 3.47. The second-order valence-electron chi connectivity index (χ2n) is 8.09. The standard InChI is InChI=1S/C22H34N4O3.HI/c1-4-23-22(24-12-19-14-25-8-5-6-18(25)15-29-19)26-9-7-16-10-20(27-2)21(28-3)11-17(16)13-26;/h10-11,18-19H,4-9,12-15H2,1-3H3,(H,23,24);1H. The molecule has 168 valence electrons. The van der Waals surface area contributed by atoms with Gasteiger partial charge in [-0.25, -0.2) is 0 Å². The molecule has 0 bridgehead atoms. The second kappa shape index (κ2) is 10.9. The van der Waals surface area contributed by atoms with Gasteiger partial charge in [-0.15, -0.1) is 24.0 Å². The van der Waals surface area contributed by atoms with Crippen molar-refractivity contribution in [3.05, 3.63) is 23.3 Å². The van der Waals surface area contributed by atoms with Gasteiger partial charge in [0.15, 0.2) is 17.5 Å². The maximum absolute atomic E-state index is 6.09. The minimum absolute atomic E-state index is 0. The molecule has 30 heavy (non-hydrogen) atoms. The van der Waals surface area contributed by atoms with Gasteiger partial charge in [0.1, 0.15) is 0 Å². The molecule has 2 saturated heterocycles. The molecule has 3 heterocycles. The highest BCUT2D eigenvalue weighted by Gasteiger charge is 2.32. The van der Waals surface area contributed by atoms with Crippen molar-refractivity contribution in [2.75, 3.05) is 53.6 Å². The Morgan fingerprint density at radius 3 is 2.70 bits per heavy atom. The number of morpholine rings is 1. The van der Waals surface area contributed by atoms with Gasteiger partial charge in [0.05, 0.1) is 33.5 Å². The zero-order valence-corrected chi connectivity index (χ0v) is 20.7. The van der Waals surface area contributed by atoms with Gasteiger partial charge in [0.2, 0.25) is 0 Å². The van der Waals surface area contributed by atoms with Crippen molar-refractivity contribution < 1.29 is 14.2 Å². The summed E-state index contributed by atoms with van der Waals surface area (Å²) in [6.45, 7) is 8.52. The molecule has 0 spiro atoms. The molecule has 2 unspecified atom stereocenters. The number of rotatable bonds is 5. The lowest BCUT2D eigenvalue weighted by Crippen LogP contribution is -2.48. The molecule has 0 radical (unpaired) electrons. The van der Waals surface area contributed by atoms with Gasteiger partial charge in [-0.05, 0) is 56.0 Å². The third kappa shape index (κ3) is 5.13. The molecule has 8 heteroatoms. The molecule has 0 amide bonds. The van der Waals surface area contributed by atoms with E-state index in [4.69, 9.17) is 19.2 Å². The maximum atomic E-state index is 6.09. The normalized spacial score (nSPS) is 24.0. The minimum atomic E-state index is 0. The number of benzene rings is 1. The number of methoxy groups -OCH3 is 2. The predicted molar refractivity (Wildman–Crippen MR) is 129 cm³/mol. The van der Waals surface area contributed by atoms with Crippen LogP contribution in [0.25, 0.3) is 0 Å². The lowest BCUT2D eigenvalue weighted by molar-refractivity contribution is -0.0433. The highest BCUT2D eigenvalue weighted by atomic mass is 127. The van der Waals surface area contributed by atoms with Crippen molar-refractivity contribution in [1.29, 1.82) is 0 Å². The summed E-state index contributed by atoms with van der Waals surface area (Å²) in [7, 11) is 3.37. The Kier molecular flexibility index (Phi) is 8.47. The molecular formula is C22H35IN4O3. The molecule has 0 aliphatic carbocycles. The SMILES string of the molecule is CCNC(=NCC1CN2CCCC2CO1)N1CCc2cc(OC)c(OC)cc2C1.I. The van der Waals surface area contributed by atoms with Crippen molar-refractivity contribution in [3.8, 4) is 11.5 Å². The zero-order chi connectivity index (χ0) is 20.2. The monoisotopic (exact) mass is 530 g/mol. The molecular weight excluding hydrogens is 495 g/mol. The summed E-state index contributed by atoms with van der Waals surface area (Å²) in [4.78, 5) is 9.86. The average Bonchev–Trinajstić information content (AvgIpc) is 3.23. The Morgan fingerprint density at radius 1 is 1.20 bits per heavy atom. The molecule has 1 aromatic rings. The highest BCUT2D eigenvalue weighted by Crippen LogP contribution is 2.33. The number of guanidine groups is 1. The summed E-state index contributed by atoms with van der Waals surface area (Å²) in [5.74, 6) is 2.56. The Balaban J connectivity index is 0.00000256. The maximum Gasteiger partial charge on any atom is 0.194 e. The fourth-order valence-corrected chi connectivity index (χ4v) is 4.67. The lowest BCUT2D eigenvalue weighted by atomic mass is 9.99. The molecule has 2 fully saturated rings. The molecule has 0 saturated carbocycles. The molecule has 1 aromatic carbocycles. The number of halogens is 1. The molecule has 0 aromatic heterocycles. The van der Waals surface area contributed by atoms with E-state index < -0.39 is 0 Å². The largest absolute Gasteiger partial charge is 0.493 e. The van der Waals surface area contributed by atoms with Crippen LogP contribution < -0.4 is 14.8 Å². The van der Waals surface area contributed by atoms with E-state index in [1.807, 2.05) is 0 Å². The van der Waals surface area contributed by atoms with Crippen molar-refractivity contribution in [3.63, 3.8) is 0 Å². The Hall–Kier alpha value is -1.26. The first kappa shape index (κ1) is 23.4. The van der Waals surface area contributed by atoms with Crippen LogP contribution in [0, 0.1) is 0 Å². The van der Waals surface area contributed by atoms with Gasteiger partial charge >= 0.3 is 0 Å². The van der Waals surface area contributed by atoms with Gasteiger partial charge in [-0.1, -0.05) is 0 Å².